The lowest BCUT2D eigenvalue weighted by atomic mass is 10.1. The number of anilines is 1. The summed E-state index contributed by atoms with van der Waals surface area (Å²) in [4.78, 5) is 20.7. The number of hydrogen-bond donors (Lipinski definition) is 2. The molecule has 0 spiro atoms. The lowest BCUT2D eigenvalue weighted by Gasteiger charge is -2.21. The van der Waals surface area contributed by atoms with Gasteiger partial charge in [-0.3, -0.25) is 14.5 Å². The number of likely N-dealkylation sites (N-methyl/N-ethyl adjacent to an activating group) is 1. The smallest absolute Gasteiger partial charge is 0.263 e. The van der Waals surface area contributed by atoms with Gasteiger partial charge in [0, 0.05) is 14.1 Å². The molecule has 1 aromatic carbocycles. The van der Waals surface area contributed by atoms with Gasteiger partial charge in [0.1, 0.15) is 11.2 Å². The molecule has 0 aliphatic rings. The van der Waals surface area contributed by atoms with E-state index >= 15 is 0 Å². The maximum absolute atomic E-state index is 12.9. The van der Waals surface area contributed by atoms with Crippen molar-refractivity contribution in [2.24, 2.45) is 7.05 Å². The van der Waals surface area contributed by atoms with Gasteiger partial charge >= 0.3 is 0 Å². The molecule has 3 aromatic rings. The first-order chi connectivity index (χ1) is 11.0. The lowest BCUT2D eigenvalue weighted by Crippen LogP contribution is -2.28. The van der Waals surface area contributed by atoms with Crippen molar-refractivity contribution in [3.63, 3.8) is 0 Å². The monoisotopic (exact) mass is 317 g/mol. The molecule has 3 rings (SSSR count). The van der Waals surface area contributed by atoms with Crippen LogP contribution in [0.2, 0.25) is 0 Å². The van der Waals surface area contributed by atoms with Crippen molar-refractivity contribution in [1.29, 1.82) is 0 Å². The second kappa shape index (κ2) is 5.81. The summed E-state index contributed by atoms with van der Waals surface area (Å²) in [6.07, 6.45) is 0.617. The van der Waals surface area contributed by atoms with E-state index in [-0.39, 0.29) is 17.9 Å². The lowest BCUT2D eigenvalue weighted by molar-refractivity contribution is 0.184. The highest BCUT2D eigenvalue weighted by Crippen LogP contribution is 2.17. The maximum Gasteiger partial charge on any atom is 0.263 e. The number of H-pyrrole nitrogens is 1. The van der Waals surface area contributed by atoms with E-state index in [0.717, 1.165) is 0 Å². The van der Waals surface area contributed by atoms with Crippen molar-refractivity contribution < 1.29 is 9.50 Å². The molecule has 2 heterocycles. The maximum atomic E-state index is 12.9. The van der Waals surface area contributed by atoms with E-state index in [2.05, 4.69) is 15.1 Å². The zero-order valence-corrected chi connectivity index (χ0v) is 12.7. The van der Waals surface area contributed by atoms with Gasteiger partial charge < -0.3 is 10.0 Å². The van der Waals surface area contributed by atoms with E-state index in [9.17, 15) is 14.3 Å². The Hall–Kier alpha value is -2.74. The van der Waals surface area contributed by atoms with E-state index < -0.39 is 6.10 Å². The highest BCUT2D eigenvalue weighted by atomic mass is 19.1. The van der Waals surface area contributed by atoms with Crippen LogP contribution < -0.4 is 10.5 Å². The van der Waals surface area contributed by atoms with Crippen LogP contribution in [0.25, 0.3) is 11.0 Å². The third-order valence-electron chi connectivity index (χ3n) is 3.65. The first-order valence-corrected chi connectivity index (χ1v) is 7.02. The molecule has 0 radical (unpaired) electrons. The Morgan fingerprint density at radius 3 is 2.78 bits per heavy atom. The average molecular weight is 317 g/mol. The van der Waals surface area contributed by atoms with Crippen LogP contribution in [0.5, 0.6) is 0 Å². The minimum absolute atomic E-state index is 0.192. The van der Waals surface area contributed by atoms with Gasteiger partial charge in [-0.15, -0.1) is 0 Å². The van der Waals surface area contributed by atoms with Gasteiger partial charge in [-0.25, -0.2) is 4.39 Å². The van der Waals surface area contributed by atoms with Crippen LogP contribution in [0.4, 0.5) is 10.3 Å². The molecule has 23 heavy (non-hydrogen) atoms. The predicted molar refractivity (Wildman–Crippen MR) is 83.8 cm³/mol. The first-order valence-electron chi connectivity index (χ1n) is 7.02. The number of benzene rings is 1. The number of halogens is 1. The fraction of sp³-hybridized carbons (Fsp3) is 0.267. The summed E-state index contributed by atoms with van der Waals surface area (Å²) in [6.45, 7) is 0.192. The Balaban J connectivity index is 1.85. The van der Waals surface area contributed by atoms with Crippen LogP contribution >= 0.6 is 0 Å². The highest BCUT2D eigenvalue weighted by molar-refractivity contribution is 5.74. The van der Waals surface area contributed by atoms with E-state index in [4.69, 9.17) is 0 Å². The minimum Gasteiger partial charge on any atom is -0.387 e. The molecule has 120 valence electrons. The molecule has 0 fully saturated rings. The molecule has 8 heteroatoms. The van der Waals surface area contributed by atoms with Crippen molar-refractivity contribution in [1.82, 2.24) is 19.7 Å². The summed E-state index contributed by atoms with van der Waals surface area (Å²) >= 11 is 0. The third kappa shape index (κ3) is 2.93. The molecule has 2 N–H and O–H groups in total. The summed E-state index contributed by atoms with van der Waals surface area (Å²) in [5.41, 5.74) is 0.760. The Morgan fingerprint density at radius 2 is 2.09 bits per heavy atom. The highest BCUT2D eigenvalue weighted by Gasteiger charge is 2.15. The number of aryl methyl sites for hydroxylation is 1. The Bertz CT molecular complexity index is 887. The predicted octanol–water partition coefficient (Wildman–Crippen LogP) is 0.965. The van der Waals surface area contributed by atoms with Gasteiger partial charge in [0.25, 0.3) is 5.56 Å². The molecule has 0 aliphatic heterocycles. The van der Waals surface area contributed by atoms with Crippen LogP contribution in [-0.2, 0) is 7.05 Å². The molecule has 0 bridgehead atoms. The van der Waals surface area contributed by atoms with Crippen LogP contribution in [0.1, 0.15) is 11.7 Å². The van der Waals surface area contributed by atoms with E-state index in [1.54, 1.807) is 19.0 Å². The summed E-state index contributed by atoms with van der Waals surface area (Å²) in [5.74, 6) is -0.0331. The molecule has 7 nitrogen and oxygen atoms in total. The Kier molecular flexibility index (Phi) is 3.83. The molecule has 0 aliphatic carbocycles. The number of fused-ring (bicyclic) bond motifs is 1. The van der Waals surface area contributed by atoms with Crippen molar-refractivity contribution in [3.05, 3.63) is 52.2 Å². The van der Waals surface area contributed by atoms with Crippen LogP contribution in [0.15, 0.2) is 35.3 Å². The van der Waals surface area contributed by atoms with Crippen molar-refractivity contribution in [2.75, 3.05) is 18.5 Å². The molecule has 1 atom stereocenters. The minimum atomic E-state index is -0.840. The largest absolute Gasteiger partial charge is 0.387 e. The molecule has 0 amide bonds. The number of aromatic amines is 1. The van der Waals surface area contributed by atoms with Gasteiger partial charge in [0.2, 0.25) is 5.95 Å². The van der Waals surface area contributed by atoms with E-state index in [1.165, 1.54) is 35.1 Å². The molecule has 0 saturated carbocycles. The zero-order chi connectivity index (χ0) is 16.6. The summed E-state index contributed by atoms with van der Waals surface area (Å²) < 4.78 is 14.4. The Labute approximate surface area is 131 Å². The number of rotatable bonds is 4. The molecule has 0 saturated heterocycles. The number of aliphatic hydroxyl groups excluding tert-OH is 1. The SMILES string of the molecule is CN(CC(O)c1ccc(F)cc1)c1nc2c(cnn2C)c(=O)[nH]1. The number of aliphatic hydroxyl groups is 1. The van der Waals surface area contributed by atoms with E-state index in [0.29, 0.717) is 22.5 Å². The van der Waals surface area contributed by atoms with Crippen LogP contribution in [-0.4, -0.2) is 38.4 Å². The van der Waals surface area contributed by atoms with Gasteiger partial charge in [-0.05, 0) is 17.7 Å². The average Bonchev–Trinajstić information content (AvgIpc) is 2.90. The summed E-state index contributed by atoms with van der Waals surface area (Å²) in [6, 6.07) is 5.63. The van der Waals surface area contributed by atoms with E-state index in [1.807, 2.05) is 0 Å². The third-order valence-corrected chi connectivity index (χ3v) is 3.65. The fourth-order valence-corrected chi connectivity index (χ4v) is 2.34. The normalized spacial score (nSPS) is 12.5. The van der Waals surface area contributed by atoms with Gasteiger partial charge in [-0.2, -0.15) is 10.1 Å². The standard InChI is InChI=1S/C15H16FN5O2/c1-20(8-12(22)9-3-5-10(16)6-4-9)15-18-13-11(14(23)19-15)7-17-21(13)2/h3-7,12,22H,8H2,1-2H3,(H,18,19,23). The van der Waals surface area contributed by atoms with Crippen molar-refractivity contribution in [2.45, 2.75) is 6.10 Å². The first kappa shape index (κ1) is 15.2. The summed E-state index contributed by atoms with van der Waals surface area (Å²) in [7, 11) is 3.40. The zero-order valence-electron chi connectivity index (χ0n) is 12.7. The summed E-state index contributed by atoms with van der Waals surface area (Å²) in [5, 5.41) is 14.6. The molecular weight excluding hydrogens is 301 g/mol. The second-order valence-electron chi connectivity index (χ2n) is 5.34. The number of nitrogens with zero attached hydrogens (tertiary/aromatic N) is 4. The number of nitrogens with one attached hydrogen (secondary N) is 1. The number of hydrogen-bond acceptors (Lipinski definition) is 5. The molecular formula is C15H16FN5O2. The van der Waals surface area contributed by atoms with Crippen LogP contribution in [0, 0.1) is 5.82 Å². The van der Waals surface area contributed by atoms with Crippen molar-refractivity contribution in [3.8, 4) is 0 Å². The van der Waals surface area contributed by atoms with Crippen LogP contribution in [0.3, 0.4) is 0 Å². The van der Waals surface area contributed by atoms with Gasteiger partial charge in [0.15, 0.2) is 5.65 Å². The topological polar surface area (TPSA) is 87.0 Å². The second-order valence-corrected chi connectivity index (χ2v) is 5.34. The molecule has 1 unspecified atom stereocenters. The van der Waals surface area contributed by atoms with Crippen molar-refractivity contribution >= 4 is 17.0 Å². The number of aromatic nitrogens is 4. The Morgan fingerprint density at radius 1 is 1.39 bits per heavy atom. The fourth-order valence-electron chi connectivity index (χ4n) is 2.34. The quantitative estimate of drug-likeness (QED) is 0.748. The molecule has 2 aromatic heterocycles. The van der Waals surface area contributed by atoms with Gasteiger partial charge in [-0.1, -0.05) is 12.1 Å². The van der Waals surface area contributed by atoms with Gasteiger partial charge in [0.05, 0.1) is 18.8 Å².